The fraction of sp³-hybridized carbons (Fsp3) is 0.167. The summed E-state index contributed by atoms with van der Waals surface area (Å²) in [4.78, 5) is 4.02. The van der Waals surface area contributed by atoms with Gasteiger partial charge in [-0.05, 0) is 42.0 Å². The minimum atomic E-state index is -0.710. The number of benzene rings is 2. The summed E-state index contributed by atoms with van der Waals surface area (Å²) in [5, 5.41) is 10.2. The van der Waals surface area contributed by atoms with Crippen molar-refractivity contribution in [2.45, 2.75) is 6.10 Å². The first-order valence-electron chi connectivity index (χ1n) is 7.29. The molecule has 1 aromatic heterocycles. The Labute approximate surface area is 134 Å². The van der Waals surface area contributed by atoms with Crippen LogP contribution in [-0.4, -0.2) is 28.4 Å². The lowest BCUT2D eigenvalue weighted by molar-refractivity contribution is 0.108. The maximum absolute atomic E-state index is 10.2. The molecule has 118 valence electrons. The van der Waals surface area contributed by atoms with E-state index in [1.54, 1.807) is 25.7 Å². The minimum absolute atomic E-state index is 0.178. The van der Waals surface area contributed by atoms with Crippen LogP contribution in [0.5, 0.6) is 11.5 Å². The second-order valence-electron chi connectivity index (χ2n) is 5.07. The molecule has 3 aromatic rings. The van der Waals surface area contributed by atoms with E-state index < -0.39 is 6.10 Å². The van der Waals surface area contributed by atoms with Crippen LogP contribution in [0.2, 0.25) is 0 Å². The van der Waals surface area contributed by atoms with Crippen molar-refractivity contribution >= 4 is 0 Å². The van der Waals surface area contributed by atoms with Crippen LogP contribution >= 0.6 is 0 Å². The first-order chi connectivity index (χ1) is 11.3. The Morgan fingerprint density at radius 3 is 2.65 bits per heavy atom. The van der Waals surface area contributed by atoms with Gasteiger partial charge in [0, 0.05) is 18.1 Å². The van der Waals surface area contributed by atoms with Gasteiger partial charge in [0.2, 0.25) is 0 Å². The molecule has 1 unspecified atom stereocenters. The average Bonchev–Trinajstić information content (AvgIpc) is 3.15. The van der Waals surface area contributed by atoms with Crippen molar-refractivity contribution in [2.24, 2.45) is 0 Å². The molecule has 0 aliphatic carbocycles. The Balaban J connectivity index is 1.61. The SMILES string of the molecule is COc1cccc(C(O)COc2ccc(-n3ccnc3)cc2)c1. The van der Waals surface area contributed by atoms with Gasteiger partial charge < -0.3 is 19.1 Å². The van der Waals surface area contributed by atoms with E-state index in [-0.39, 0.29) is 6.61 Å². The normalized spacial score (nSPS) is 11.9. The number of methoxy groups -OCH3 is 1. The number of nitrogens with zero attached hydrogens (tertiary/aromatic N) is 2. The van der Waals surface area contributed by atoms with Crippen molar-refractivity contribution in [3.8, 4) is 17.2 Å². The number of hydrogen-bond acceptors (Lipinski definition) is 4. The lowest BCUT2D eigenvalue weighted by atomic mass is 10.1. The molecule has 0 saturated heterocycles. The van der Waals surface area contributed by atoms with E-state index in [0.29, 0.717) is 11.5 Å². The molecule has 23 heavy (non-hydrogen) atoms. The summed E-state index contributed by atoms with van der Waals surface area (Å²) in [6, 6.07) is 14.9. The number of hydrogen-bond donors (Lipinski definition) is 1. The molecule has 1 heterocycles. The zero-order valence-electron chi connectivity index (χ0n) is 12.8. The Hall–Kier alpha value is -2.79. The number of rotatable bonds is 6. The van der Waals surface area contributed by atoms with E-state index in [1.807, 2.05) is 53.2 Å². The lowest BCUT2D eigenvalue weighted by Gasteiger charge is -2.14. The zero-order valence-corrected chi connectivity index (χ0v) is 12.8. The molecular formula is C18H18N2O3. The van der Waals surface area contributed by atoms with Gasteiger partial charge in [-0.25, -0.2) is 4.98 Å². The van der Waals surface area contributed by atoms with Crippen LogP contribution in [0.15, 0.2) is 67.3 Å². The van der Waals surface area contributed by atoms with Crippen LogP contribution in [0.1, 0.15) is 11.7 Å². The van der Waals surface area contributed by atoms with E-state index in [0.717, 1.165) is 11.3 Å². The van der Waals surface area contributed by atoms with Crippen LogP contribution in [-0.2, 0) is 0 Å². The summed E-state index contributed by atoms with van der Waals surface area (Å²) in [5.74, 6) is 1.42. The fourth-order valence-corrected chi connectivity index (χ4v) is 2.25. The third-order valence-corrected chi connectivity index (χ3v) is 3.53. The summed E-state index contributed by atoms with van der Waals surface area (Å²) in [7, 11) is 1.60. The maximum atomic E-state index is 10.2. The molecule has 0 aliphatic rings. The smallest absolute Gasteiger partial charge is 0.119 e. The second kappa shape index (κ2) is 6.98. The highest BCUT2D eigenvalue weighted by Gasteiger charge is 2.09. The molecule has 0 aliphatic heterocycles. The first kappa shape index (κ1) is 15.1. The predicted molar refractivity (Wildman–Crippen MR) is 87.0 cm³/mol. The average molecular weight is 310 g/mol. The van der Waals surface area contributed by atoms with Gasteiger partial charge in [-0.3, -0.25) is 0 Å². The van der Waals surface area contributed by atoms with Crippen LogP contribution < -0.4 is 9.47 Å². The molecule has 0 bridgehead atoms. The van der Waals surface area contributed by atoms with Crippen molar-refractivity contribution in [3.05, 3.63) is 72.8 Å². The van der Waals surface area contributed by atoms with Gasteiger partial charge in [0.05, 0.1) is 13.4 Å². The summed E-state index contributed by atoms with van der Waals surface area (Å²) < 4.78 is 12.7. The summed E-state index contributed by atoms with van der Waals surface area (Å²) >= 11 is 0. The largest absolute Gasteiger partial charge is 0.497 e. The van der Waals surface area contributed by atoms with Crippen molar-refractivity contribution in [1.82, 2.24) is 9.55 Å². The topological polar surface area (TPSA) is 56.5 Å². The predicted octanol–water partition coefficient (Wildman–Crippen LogP) is 2.99. The van der Waals surface area contributed by atoms with E-state index >= 15 is 0 Å². The summed E-state index contributed by atoms with van der Waals surface area (Å²) in [6.45, 7) is 0.178. The van der Waals surface area contributed by atoms with E-state index in [4.69, 9.17) is 9.47 Å². The first-order valence-corrected chi connectivity index (χ1v) is 7.29. The Morgan fingerprint density at radius 2 is 1.96 bits per heavy atom. The Morgan fingerprint density at radius 1 is 1.13 bits per heavy atom. The van der Waals surface area contributed by atoms with Gasteiger partial charge in [0.25, 0.3) is 0 Å². The molecule has 0 saturated carbocycles. The van der Waals surface area contributed by atoms with Crippen molar-refractivity contribution in [3.63, 3.8) is 0 Å². The van der Waals surface area contributed by atoms with Crippen LogP contribution in [0.4, 0.5) is 0 Å². The number of ether oxygens (including phenoxy) is 2. The van der Waals surface area contributed by atoms with Crippen LogP contribution in [0.25, 0.3) is 5.69 Å². The number of aliphatic hydroxyl groups excluding tert-OH is 1. The van der Waals surface area contributed by atoms with E-state index in [2.05, 4.69) is 4.98 Å². The number of aromatic nitrogens is 2. The summed E-state index contributed by atoms with van der Waals surface area (Å²) in [6.07, 6.45) is 4.64. The molecule has 3 rings (SSSR count). The molecule has 0 radical (unpaired) electrons. The molecule has 1 atom stereocenters. The standard InChI is InChI=1S/C18H18N2O3/c1-22-17-4-2-3-14(11-17)18(21)12-23-16-7-5-15(6-8-16)20-10-9-19-13-20/h2-11,13,18,21H,12H2,1H3. The summed E-state index contributed by atoms with van der Waals surface area (Å²) in [5.41, 5.74) is 1.77. The quantitative estimate of drug-likeness (QED) is 0.760. The third-order valence-electron chi connectivity index (χ3n) is 3.53. The van der Waals surface area contributed by atoms with Crippen LogP contribution in [0, 0.1) is 0 Å². The highest BCUT2D eigenvalue weighted by atomic mass is 16.5. The third kappa shape index (κ3) is 3.70. The van der Waals surface area contributed by atoms with Crippen molar-refractivity contribution in [1.29, 1.82) is 0 Å². The monoisotopic (exact) mass is 310 g/mol. The highest BCUT2D eigenvalue weighted by molar-refractivity contribution is 5.37. The number of imidazole rings is 1. The van der Waals surface area contributed by atoms with Gasteiger partial charge in [-0.1, -0.05) is 12.1 Å². The Bertz CT molecular complexity index is 739. The fourth-order valence-electron chi connectivity index (χ4n) is 2.25. The maximum Gasteiger partial charge on any atom is 0.119 e. The van der Waals surface area contributed by atoms with E-state index in [1.165, 1.54) is 0 Å². The second-order valence-corrected chi connectivity index (χ2v) is 5.07. The minimum Gasteiger partial charge on any atom is -0.497 e. The zero-order chi connectivity index (χ0) is 16.1. The van der Waals surface area contributed by atoms with Gasteiger partial charge in [-0.15, -0.1) is 0 Å². The van der Waals surface area contributed by atoms with Gasteiger partial charge in [0.15, 0.2) is 0 Å². The van der Waals surface area contributed by atoms with Crippen molar-refractivity contribution in [2.75, 3.05) is 13.7 Å². The Kier molecular flexibility index (Phi) is 4.59. The van der Waals surface area contributed by atoms with Gasteiger partial charge in [-0.2, -0.15) is 0 Å². The van der Waals surface area contributed by atoms with Gasteiger partial charge in [0.1, 0.15) is 24.2 Å². The van der Waals surface area contributed by atoms with E-state index in [9.17, 15) is 5.11 Å². The molecule has 5 heteroatoms. The molecule has 0 fully saturated rings. The van der Waals surface area contributed by atoms with Gasteiger partial charge >= 0.3 is 0 Å². The molecule has 0 spiro atoms. The van der Waals surface area contributed by atoms with Crippen molar-refractivity contribution < 1.29 is 14.6 Å². The molecular weight excluding hydrogens is 292 g/mol. The lowest BCUT2D eigenvalue weighted by Crippen LogP contribution is -2.09. The molecule has 1 N–H and O–H groups in total. The molecule has 5 nitrogen and oxygen atoms in total. The molecule has 0 amide bonds. The molecule has 2 aromatic carbocycles. The highest BCUT2D eigenvalue weighted by Crippen LogP contribution is 2.21. The number of aliphatic hydroxyl groups is 1. The van der Waals surface area contributed by atoms with Crippen LogP contribution in [0.3, 0.4) is 0 Å².